The normalized spacial score (nSPS) is 12.0. The third kappa shape index (κ3) is 5.12. The third-order valence-electron chi connectivity index (χ3n) is 4.58. The third-order valence-corrected chi connectivity index (χ3v) is 5.94. The van der Waals surface area contributed by atoms with Gasteiger partial charge in [-0.15, -0.1) is 13.2 Å². The van der Waals surface area contributed by atoms with Gasteiger partial charge in [0.1, 0.15) is 11.3 Å². The van der Waals surface area contributed by atoms with E-state index in [1.807, 2.05) is 0 Å². The number of anilines is 1. The standard InChI is InChI=1S/C22H15F3N2O6S/c1-12-8-14(21(28)29)10-17(9-12)34(30,31)27-15-4-7-19-18(11-15)26-20(32-19)13-2-5-16(6-3-13)33-22(23,24)25/h2-11,27H,1H3,(H,28,29). The number of carboxylic acid groups (broad SMARTS) is 1. The molecule has 176 valence electrons. The van der Waals surface area contributed by atoms with E-state index in [9.17, 15) is 31.5 Å². The molecule has 0 bridgehead atoms. The molecule has 0 unspecified atom stereocenters. The summed E-state index contributed by atoms with van der Waals surface area (Å²) in [6.45, 7) is 1.58. The Hall–Kier alpha value is -4.06. The van der Waals surface area contributed by atoms with Gasteiger partial charge in [-0.05, 0) is 73.2 Å². The fourth-order valence-corrected chi connectivity index (χ4v) is 4.33. The average molecular weight is 492 g/mol. The number of aromatic nitrogens is 1. The molecule has 0 atom stereocenters. The maximum atomic E-state index is 12.8. The van der Waals surface area contributed by atoms with E-state index in [-0.39, 0.29) is 22.0 Å². The molecule has 0 saturated carbocycles. The monoisotopic (exact) mass is 492 g/mol. The summed E-state index contributed by atoms with van der Waals surface area (Å²) in [6.07, 6.45) is -4.81. The maximum Gasteiger partial charge on any atom is 0.573 e. The van der Waals surface area contributed by atoms with Crippen LogP contribution in [0.25, 0.3) is 22.6 Å². The van der Waals surface area contributed by atoms with Crippen molar-refractivity contribution in [3.63, 3.8) is 0 Å². The van der Waals surface area contributed by atoms with Crippen molar-refractivity contribution in [1.29, 1.82) is 0 Å². The zero-order valence-electron chi connectivity index (χ0n) is 17.3. The summed E-state index contributed by atoms with van der Waals surface area (Å²) in [6, 6.07) is 13.0. The molecule has 1 aromatic heterocycles. The van der Waals surface area contributed by atoms with Crippen molar-refractivity contribution in [3.8, 4) is 17.2 Å². The van der Waals surface area contributed by atoms with Gasteiger partial charge >= 0.3 is 12.3 Å². The predicted molar refractivity (Wildman–Crippen MR) is 115 cm³/mol. The number of hydrogen-bond donors (Lipinski definition) is 2. The van der Waals surface area contributed by atoms with Crippen molar-refractivity contribution in [2.75, 3.05) is 4.72 Å². The Morgan fingerprint density at radius 2 is 1.76 bits per heavy atom. The van der Waals surface area contributed by atoms with E-state index in [2.05, 4.69) is 14.4 Å². The number of ether oxygens (including phenoxy) is 1. The molecule has 3 aromatic carbocycles. The Balaban J connectivity index is 1.60. The van der Waals surface area contributed by atoms with Crippen LogP contribution in [-0.4, -0.2) is 30.8 Å². The summed E-state index contributed by atoms with van der Waals surface area (Å²) in [5.74, 6) is -1.54. The number of sulfonamides is 1. The van der Waals surface area contributed by atoms with Crippen LogP contribution in [0.2, 0.25) is 0 Å². The van der Waals surface area contributed by atoms with Crippen LogP contribution < -0.4 is 9.46 Å². The highest BCUT2D eigenvalue weighted by molar-refractivity contribution is 7.92. The number of alkyl halides is 3. The molecule has 4 rings (SSSR count). The number of carbonyl (C=O) groups is 1. The lowest BCUT2D eigenvalue weighted by Crippen LogP contribution is -2.16. The number of aromatic carboxylic acids is 1. The second-order valence-corrected chi connectivity index (χ2v) is 8.90. The summed E-state index contributed by atoms with van der Waals surface area (Å²) >= 11 is 0. The van der Waals surface area contributed by atoms with E-state index < -0.39 is 28.1 Å². The number of halogens is 3. The molecule has 2 N–H and O–H groups in total. The zero-order chi connectivity index (χ0) is 24.7. The van der Waals surface area contributed by atoms with Gasteiger partial charge in [0, 0.05) is 5.56 Å². The molecule has 12 heteroatoms. The molecular formula is C22H15F3N2O6S. The van der Waals surface area contributed by atoms with Gasteiger partial charge < -0.3 is 14.3 Å². The SMILES string of the molecule is Cc1cc(C(=O)O)cc(S(=O)(=O)Nc2ccc3oc(-c4ccc(OC(F)(F)F)cc4)nc3c2)c1. The first kappa shape index (κ1) is 23.1. The van der Waals surface area contributed by atoms with Gasteiger partial charge in [-0.25, -0.2) is 18.2 Å². The quantitative estimate of drug-likeness (QED) is 0.380. The lowest BCUT2D eigenvalue weighted by Gasteiger charge is -2.09. The number of hydrogen-bond acceptors (Lipinski definition) is 6. The molecule has 0 spiro atoms. The molecule has 8 nitrogen and oxygen atoms in total. The molecule has 0 fully saturated rings. The average Bonchev–Trinajstić information content (AvgIpc) is 3.15. The number of carboxylic acids is 1. The van der Waals surface area contributed by atoms with Crippen LogP contribution in [-0.2, 0) is 10.0 Å². The minimum absolute atomic E-state index is 0.110. The second-order valence-electron chi connectivity index (χ2n) is 7.22. The van der Waals surface area contributed by atoms with Gasteiger partial charge in [0.05, 0.1) is 16.1 Å². The molecule has 0 aliphatic rings. The molecule has 34 heavy (non-hydrogen) atoms. The highest BCUT2D eigenvalue weighted by Gasteiger charge is 2.31. The first-order chi connectivity index (χ1) is 15.9. The molecule has 4 aromatic rings. The van der Waals surface area contributed by atoms with E-state index in [0.717, 1.165) is 18.2 Å². The number of nitrogens with zero attached hydrogens (tertiary/aromatic N) is 1. The second kappa shape index (κ2) is 8.37. The van der Waals surface area contributed by atoms with Crippen molar-refractivity contribution >= 4 is 32.8 Å². The number of nitrogens with one attached hydrogen (secondary N) is 1. The fraction of sp³-hybridized carbons (Fsp3) is 0.0909. The van der Waals surface area contributed by atoms with Crippen molar-refractivity contribution in [2.45, 2.75) is 18.2 Å². The number of benzene rings is 3. The van der Waals surface area contributed by atoms with Crippen molar-refractivity contribution < 1.29 is 40.6 Å². The Kier molecular flexibility index (Phi) is 5.69. The minimum atomic E-state index is -4.81. The number of rotatable bonds is 6. The molecule has 1 heterocycles. The fourth-order valence-electron chi connectivity index (χ4n) is 3.15. The van der Waals surface area contributed by atoms with Crippen LogP contribution in [0.5, 0.6) is 5.75 Å². The number of aryl methyl sites for hydroxylation is 1. The summed E-state index contributed by atoms with van der Waals surface area (Å²) in [5, 5.41) is 9.18. The van der Waals surface area contributed by atoms with E-state index >= 15 is 0 Å². The largest absolute Gasteiger partial charge is 0.573 e. The highest BCUT2D eigenvalue weighted by Crippen LogP contribution is 2.30. The number of fused-ring (bicyclic) bond motifs is 1. The van der Waals surface area contributed by atoms with E-state index in [1.165, 1.54) is 42.5 Å². The summed E-state index contributed by atoms with van der Waals surface area (Å²) in [5.41, 5.74) is 1.44. The molecule has 0 amide bonds. The summed E-state index contributed by atoms with van der Waals surface area (Å²) < 4.78 is 74.3. The Morgan fingerprint density at radius 1 is 1.06 bits per heavy atom. The Bertz CT molecular complexity index is 1500. The smallest absolute Gasteiger partial charge is 0.478 e. The summed E-state index contributed by atoms with van der Waals surface area (Å²) in [4.78, 5) is 15.3. The van der Waals surface area contributed by atoms with Crippen molar-refractivity contribution in [3.05, 3.63) is 71.8 Å². The van der Waals surface area contributed by atoms with Gasteiger partial charge in [-0.3, -0.25) is 4.72 Å². The van der Waals surface area contributed by atoms with E-state index in [0.29, 0.717) is 22.2 Å². The first-order valence-electron chi connectivity index (χ1n) is 9.54. The Labute approximate surface area is 190 Å². The van der Waals surface area contributed by atoms with Gasteiger partial charge in [0.15, 0.2) is 5.58 Å². The van der Waals surface area contributed by atoms with Crippen molar-refractivity contribution in [2.24, 2.45) is 0 Å². The first-order valence-corrected chi connectivity index (χ1v) is 11.0. The highest BCUT2D eigenvalue weighted by atomic mass is 32.2. The van der Waals surface area contributed by atoms with Crippen LogP contribution >= 0.6 is 0 Å². The van der Waals surface area contributed by atoms with Crippen LogP contribution in [0.3, 0.4) is 0 Å². The van der Waals surface area contributed by atoms with Crippen LogP contribution in [0.15, 0.2) is 70.0 Å². The zero-order valence-corrected chi connectivity index (χ0v) is 18.1. The van der Waals surface area contributed by atoms with Crippen LogP contribution in [0, 0.1) is 6.92 Å². The van der Waals surface area contributed by atoms with E-state index in [4.69, 9.17) is 4.42 Å². The minimum Gasteiger partial charge on any atom is -0.478 e. The molecule has 0 saturated heterocycles. The topological polar surface area (TPSA) is 119 Å². The van der Waals surface area contributed by atoms with E-state index in [1.54, 1.807) is 6.92 Å². The lowest BCUT2D eigenvalue weighted by atomic mass is 10.1. The van der Waals surface area contributed by atoms with Crippen LogP contribution in [0.1, 0.15) is 15.9 Å². The Morgan fingerprint density at radius 3 is 2.41 bits per heavy atom. The van der Waals surface area contributed by atoms with Crippen molar-refractivity contribution in [1.82, 2.24) is 4.98 Å². The molecule has 0 radical (unpaired) electrons. The predicted octanol–water partition coefficient (Wildman–Crippen LogP) is 5.20. The molecular weight excluding hydrogens is 477 g/mol. The lowest BCUT2D eigenvalue weighted by molar-refractivity contribution is -0.274. The van der Waals surface area contributed by atoms with Gasteiger partial charge in [0.25, 0.3) is 10.0 Å². The number of oxazole rings is 1. The van der Waals surface area contributed by atoms with Crippen LogP contribution in [0.4, 0.5) is 18.9 Å². The van der Waals surface area contributed by atoms with Gasteiger partial charge in [0.2, 0.25) is 5.89 Å². The molecule has 0 aliphatic carbocycles. The van der Waals surface area contributed by atoms with Gasteiger partial charge in [-0.2, -0.15) is 0 Å². The molecule has 0 aliphatic heterocycles. The van der Waals surface area contributed by atoms with Gasteiger partial charge in [-0.1, -0.05) is 0 Å². The summed E-state index contributed by atoms with van der Waals surface area (Å²) in [7, 11) is -4.10. The maximum absolute atomic E-state index is 12.8.